The summed E-state index contributed by atoms with van der Waals surface area (Å²) in [6.45, 7) is 3.80. The Morgan fingerprint density at radius 1 is 1.14 bits per heavy atom. The van der Waals surface area contributed by atoms with E-state index in [4.69, 9.17) is 11.6 Å². The molecule has 0 saturated carbocycles. The lowest BCUT2D eigenvalue weighted by molar-refractivity contribution is -0.131. The van der Waals surface area contributed by atoms with Crippen LogP contribution in [-0.4, -0.2) is 49.7 Å². The van der Waals surface area contributed by atoms with Crippen LogP contribution in [0.25, 0.3) is 0 Å². The first kappa shape index (κ1) is 17.2. The lowest BCUT2D eigenvalue weighted by Gasteiger charge is -2.22. The van der Waals surface area contributed by atoms with Crippen molar-refractivity contribution in [2.45, 2.75) is 31.1 Å². The summed E-state index contributed by atoms with van der Waals surface area (Å²) in [4.78, 5) is 14.0. The molecule has 1 fully saturated rings. The number of rotatable bonds is 4. The van der Waals surface area contributed by atoms with Gasteiger partial charge < -0.3 is 4.90 Å². The number of hydrogen-bond donors (Lipinski definition) is 0. The first-order chi connectivity index (χ1) is 10.4. The van der Waals surface area contributed by atoms with Crippen molar-refractivity contribution in [2.75, 3.05) is 26.2 Å². The Bertz CT molecular complexity index is 616. The maximum Gasteiger partial charge on any atom is 0.243 e. The van der Waals surface area contributed by atoms with Crippen LogP contribution in [0.5, 0.6) is 0 Å². The maximum absolute atomic E-state index is 12.6. The maximum atomic E-state index is 12.6. The number of amides is 1. The van der Waals surface area contributed by atoms with Gasteiger partial charge in [0.15, 0.2) is 0 Å². The molecule has 0 N–H and O–H groups in total. The van der Waals surface area contributed by atoms with Crippen LogP contribution in [0.2, 0.25) is 5.02 Å². The highest BCUT2D eigenvalue weighted by Crippen LogP contribution is 2.20. The van der Waals surface area contributed by atoms with E-state index in [1.807, 2.05) is 6.92 Å². The summed E-state index contributed by atoms with van der Waals surface area (Å²) in [5.41, 5.74) is 0. The Labute approximate surface area is 136 Å². The smallest absolute Gasteiger partial charge is 0.243 e. The zero-order chi connectivity index (χ0) is 16.2. The van der Waals surface area contributed by atoms with Crippen LogP contribution in [-0.2, 0) is 14.8 Å². The quantitative estimate of drug-likeness (QED) is 0.842. The van der Waals surface area contributed by atoms with E-state index in [0.717, 1.165) is 6.42 Å². The van der Waals surface area contributed by atoms with Crippen LogP contribution in [0.4, 0.5) is 0 Å². The average molecular weight is 345 g/mol. The molecule has 1 aliphatic heterocycles. The summed E-state index contributed by atoms with van der Waals surface area (Å²) in [6, 6.07) is 6.18. The molecule has 5 nitrogen and oxygen atoms in total. The van der Waals surface area contributed by atoms with Crippen molar-refractivity contribution in [2.24, 2.45) is 0 Å². The van der Waals surface area contributed by atoms with Crippen molar-refractivity contribution in [1.29, 1.82) is 0 Å². The SMILES string of the molecule is CCCC(=O)N1CCCN(S(=O)(=O)c2ccc(Cl)cc2)CC1. The van der Waals surface area contributed by atoms with E-state index in [1.54, 1.807) is 17.0 Å². The largest absolute Gasteiger partial charge is 0.341 e. The Kier molecular flexibility index (Phi) is 5.83. The van der Waals surface area contributed by atoms with Crippen molar-refractivity contribution >= 4 is 27.5 Å². The Hall–Kier alpha value is -1.11. The zero-order valence-corrected chi connectivity index (χ0v) is 14.2. The summed E-state index contributed by atoms with van der Waals surface area (Å²) in [5, 5.41) is 0.506. The van der Waals surface area contributed by atoms with Gasteiger partial charge in [0.25, 0.3) is 0 Å². The summed E-state index contributed by atoms with van der Waals surface area (Å²) >= 11 is 5.80. The molecule has 0 unspecified atom stereocenters. The van der Waals surface area contributed by atoms with Crippen molar-refractivity contribution in [3.8, 4) is 0 Å². The van der Waals surface area contributed by atoms with Gasteiger partial charge in [-0.3, -0.25) is 4.79 Å². The van der Waals surface area contributed by atoms with E-state index in [1.165, 1.54) is 16.4 Å². The number of nitrogens with zero attached hydrogens (tertiary/aromatic N) is 2. The predicted molar refractivity (Wildman–Crippen MR) is 86.3 cm³/mol. The standard InChI is InChI=1S/C15H21ClN2O3S/c1-2-4-15(19)17-9-3-10-18(12-11-17)22(20,21)14-7-5-13(16)6-8-14/h5-8H,2-4,9-12H2,1H3. The number of carbonyl (C=O) groups excluding carboxylic acids is 1. The molecule has 2 rings (SSSR count). The van der Waals surface area contributed by atoms with Crippen LogP contribution in [0.3, 0.4) is 0 Å². The molecule has 7 heteroatoms. The van der Waals surface area contributed by atoms with Gasteiger partial charge in [0.2, 0.25) is 15.9 Å². The zero-order valence-electron chi connectivity index (χ0n) is 12.7. The lowest BCUT2D eigenvalue weighted by atomic mass is 10.3. The molecule has 22 heavy (non-hydrogen) atoms. The van der Waals surface area contributed by atoms with Crippen LogP contribution in [0.1, 0.15) is 26.2 Å². The van der Waals surface area contributed by atoms with E-state index >= 15 is 0 Å². The van der Waals surface area contributed by atoms with E-state index in [9.17, 15) is 13.2 Å². The Morgan fingerprint density at radius 2 is 1.82 bits per heavy atom. The molecule has 0 radical (unpaired) electrons. The average Bonchev–Trinajstić information content (AvgIpc) is 2.74. The van der Waals surface area contributed by atoms with Crippen LogP contribution < -0.4 is 0 Å². The fourth-order valence-electron chi connectivity index (χ4n) is 2.51. The van der Waals surface area contributed by atoms with Gasteiger partial charge in [0.1, 0.15) is 0 Å². The molecule has 122 valence electrons. The third kappa shape index (κ3) is 4.00. The monoisotopic (exact) mass is 344 g/mol. The third-order valence-corrected chi connectivity index (χ3v) is 5.89. The van der Waals surface area contributed by atoms with Crippen molar-refractivity contribution in [3.63, 3.8) is 0 Å². The molecule has 1 aliphatic rings. The number of benzene rings is 1. The van der Waals surface area contributed by atoms with E-state index in [2.05, 4.69) is 0 Å². The van der Waals surface area contributed by atoms with Gasteiger partial charge in [-0.05, 0) is 37.1 Å². The molecule has 1 amide bonds. The Balaban J connectivity index is 2.10. The summed E-state index contributed by atoms with van der Waals surface area (Å²) < 4.78 is 26.7. The number of sulfonamides is 1. The van der Waals surface area contributed by atoms with Gasteiger partial charge in [-0.25, -0.2) is 8.42 Å². The topological polar surface area (TPSA) is 57.7 Å². The van der Waals surface area contributed by atoms with Crippen LogP contribution >= 0.6 is 11.6 Å². The second-order valence-electron chi connectivity index (χ2n) is 5.34. The highest BCUT2D eigenvalue weighted by atomic mass is 35.5. The Morgan fingerprint density at radius 3 is 2.45 bits per heavy atom. The molecule has 0 bridgehead atoms. The molecular formula is C15H21ClN2O3S. The molecule has 0 aromatic heterocycles. The van der Waals surface area contributed by atoms with E-state index in [0.29, 0.717) is 44.0 Å². The summed E-state index contributed by atoms with van der Waals surface area (Å²) in [6.07, 6.45) is 1.98. The molecule has 0 aliphatic carbocycles. The van der Waals surface area contributed by atoms with Crippen LogP contribution in [0, 0.1) is 0 Å². The summed E-state index contributed by atoms with van der Waals surface area (Å²) in [7, 11) is -3.53. The van der Waals surface area contributed by atoms with E-state index in [-0.39, 0.29) is 10.8 Å². The predicted octanol–water partition coefficient (Wildman–Crippen LogP) is 2.36. The number of halogens is 1. The second kappa shape index (κ2) is 7.44. The molecule has 1 aromatic rings. The molecule has 1 aromatic carbocycles. The molecule has 1 heterocycles. The molecule has 0 atom stereocenters. The van der Waals surface area contributed by atoms with Gasteiger partial charge in [-0.15, -0.1) is 0 Å². The highest BCUT2D eigenvalue weighted by Gasteiger charge is 2.27. The van der Waals surface area contributed by atoms with Gasteiger partial charge in [0.05, 0.1) is 4.90 Å². The van der Waals surface area contributed by atoms with Gasteiger partial charge in [-0.1, -0.05) is 18.5 Å². The molecule has 0 spiro atoms. The first-order valence-corrected chi connectivity index (χ1v) is 9.30. The lowest BCUT2D eigenvalue weighted by Crippen LogP contribution is -2.37. The fraction of sp³-hybridized carbons (Fsp3) is 0.533. The minimum absolute atomic E-state index is 0.105. The third-order valence-electron chi connectivity index (χ3n) is 3.72. The highest BCUT2D eigenvalue weighted by molar-refractivity contribution is 7.89. The summed E-state index contributed by atoms with van der Waals surface area (Å²) in [5.74, 6) is 0.105. The van der Waals surface area contributed by atoms with Crippen molar-refractivity contribution < 1.29 is 13.2 Å². The van der Waals surface area contributed by atoms with Gasteiger partial charge in [-0.2, -0.15) is 4.31 Å². The minimum Gasteiger partial charge on any atom is -0.341 e. The fourth-order valence-corrected chi connectivity index (χ4v) is 4.11. The van der Waals surface area contributed by atoms with Gasteiger partial charge >= 0.3 is 0 Å². The molecular weight excluding hydrogens is 324 g/mol. The van der Waals surface area contributed by atoms with Crippen LogP contribution in [0.15, 0.2) is 29.2 Å². The van der Waals surface area contributed by atoms with Crippen molar-refractivity contribution in [3.05, 3.63) is 29.3 Å². The number of hydrogen-bond acceptors (Lipinski definition) is 3. The van der Waals surface area contributed by atoms with Gasteiger partial charge in [0, 0.05) is 37.6 Å². The van der Waals surface area contributed by atoms with Crippen molar-refractivity contribution in [1.82, 2.24) is 9.21 Å². The first-order valence-electron chi connectivity index (χ1n) is 7.48. The second-order valence-corrected chi connectivity index (χ2v) is 7.72. The normalized spacial score (nSPS) is 17.3. The van der Waals surface area contributed by atoms with E-state index < -0.39 is 10.0 Å². The molecule has 1 saturated heterocycles. The number of carbonyl (C=O) groups is 1. The minimum atomic E-state index is -3.53.